The first-order valence-electron chi connectivity index (χ1n) is 8.09. The molecule has 1 N–H and O–H groups in total. The minimum absolute atomic E-state index is 0.430. The van der Waals surface area contributed by atoms with Crippen LogP contribution in [-0.2, 0) is 4.74 Å². The first-order chi connectivity index (χ1) is 8.99. The molecule has 112 valence electrons. The summed E-state index contributed by atoms with van der Waals surface area (Å²) in [6, 6.07) is 2.05. The van der Waals surface area contributed by atoms with Crippen molar-refractivity contribution in [3.8, 4) is 0 Å². The molecule has 2 saturated heterocycles. The van der Waals surface area contributed by atoms with E-state index in [9.17, 15) is 0 Å². The fraction of sp³-hybridized carbons (Fsp3) is 1.00. The van der Waals surface area contributed by atoms with Gasteiger partial charge in [0.1, 0.15) is 0 Å². The normalized spacial score (nSPS) is 38.1. The average Bonchev–Trinajstić information content (AvgIpc) is 2.37. The minimum Gasteiger partial charge on any atom is -0.378 e. The van der Waals surface area contributed by atoms with Crippen molar-refractivity contribution in [3.63, 3.8) is 0 Å². The molecule has 0 aromatic heterocycles. The van der Waals surface area contributed by atoms with E-state index in [4.69, 9.17) is 4.74 Å². The Morgan fingerprint density at radius 3 is 2.47 bits per heavy atom. The summed E-state index contributed by atoms with van der Waals surface area (Å²) in [4.78, 5) is 2.80. The lowest BCUT2D eigenvalue weighted by atomic mass is 9.90. The zero-order chi connectivity index (χ0) is 14.0. The summed E-state index contributed by atoms with van der Waals surface area (Å²) >= 11 is 0. The van der Waals surface area contributed by atoms with Crippen molar-refractivity contribution in [2.45, 2.75) is 71.7 Å². The fourth-order valence-electron chi connectivity index (χ4n) is 3.58. The highest BCUT2D eigenvalue weighted by Crippen LogP contribution is 2.27. The molecule has 19 heavy (non-hydrogen) atoms. The van der Waals surface area contributed by atoms with Gasteiger partial charge in [-0.1, -0.05) is 27.7 Å². The van der Waals surface area contributed by atoms with Crippen molar-refractivity contribution in [1.82, 2.24) is 10.2 Å². The number of ether oxygens (including phenoxy) is 1. The van der Waals surface area contributed by atoms with E-state index in [1.54, 1.807) is 0 Å². The van der Waals surface area contributed by atoms with Crippen LogP contribution in [0.25, 0.3) is 0 Å². The van der Waals surface area contributed by atoms with Crippen molar-refractivity contribution >= 4 is 0 Å². The quantitative estimate of drug-likeness (QED) is 0.851. The molecule has 0 amide bonds. The molecule has 2 fully saturated rings. The van der Waals surface area contributed by atoms with E-state index in [-0.39, 0.29) is 0 Å². The predicted octanol–water partition coefficient (Wildman–Crippen LogP) is 2.51. The van der Waals surface area contributed by atoms with E-state index < -0.39 is 0 Å². The summed E-state index contributed by atoms with van der Waals surface area (Å²) in [5.74, 6) is 1.44. The van der Waals surface area contributed by atoms with Gasteiger partial charge in [0.05, 0.1) is 6.10 Å². The molecule has 0 radical (unpaired) electrons. The first-order valence-corrected chi connectivity index (χ1v) is 8.09. The van der Waals surface area contributed by atoms with Gasteiger partial charge in [0.2, 0.25) is 0 Å². The number of hydrogen-bond acceptors (Lipinski definition) is 3. The molecular formula is C16H32N2O. The maximum Gasteiger partial charge on any atom is 0.0561 e. The molecule has 0 aromatic rings. The third-order valence-corrected chi connectivity index (χ3v) is 4.92. The lowest BCUT2D eigenvalue weighted by Gasteiger charge is -2.49. The smallest absolute Gasteiger partial charge is 0.0561 e. The summed E-state index contributed by atoms with van der Waals surface area (Å²) in [5, 5.41) is 3.76. The Morgan fingerprint density at radius 2 is 1.89 bits per heavy atom. The third-order valence-electron chi connectivity index (χ3n) is 4.92. The minimum atomic E-state index is 0.430. The Kier molecular flexibility index (Phi) is 5.27. The summed E-state index contributed by atoms with van der Waals surface area (Å²) < 4.78 is 5.73. The summed E-state index contributed by atoms with van der Waals surface area (Å²) in [6.07, 6.45) is 2.84. The highest BCUT2D eigenvalue weighted by Gasteiger charge is 2.36. The van der Waals surface area contributed by atoms with Gasteiger partial charge in [0.15, 0.2) is 0 Å². The van der Waals surface area contributed by atoms with Gasteiger partial charge in [-0.2, -0.15) is 0 Å². The van der Waals surface area contributed by atoms with Gasteiger partial charge in [-0.3, -0.25) is 4.90 Å². The maximum absolute atomic E-state index is 5.73. The lowest BCUT2D eigenvalue weighted by Crippen LogP contribution is -2.63. The van der Waals surface area contributed by atoms with Crippen LogP contribution in [0.2, 0.25) is 0 Å². The standard InChI is InChI=1S/C16H32N2O/c1-11(2)15-10-18(16(9-17-15)12(3)4)14-6-7-19-13(5)8-14/h11-17H,6-10H2,1-5H3. The van der Waals surface area contributed by atoms with Crippen LogP contribution in [0.4, 0.5) is 0 Å². The van der Waals surface area contributed by atoms with Crippen LogP contribution in [-0.4, -0.2) is 48.8 Å². The number of piperazine rings is 1. The number of hydrogen-bond donors (Lipinski definition) is 1. The molecule has 0 aromatic carbocycles. The molecule has 2 aliphatic heterocycles. The van der Waals surface area contributed by atoms with Gasteiger partial charge in [-0.15, -0.1) is 0 Å². The monoisotopic (exact) mass is 268 g/mol. The predicted molar refractivity (Wildman–Crippen MR) is 80.4 cm³/mol. The van der Waals surface area contributed by atoms with Crippen LogP contribution < -0.4 is 5.32 Å². The zero-order valence-electron chi connectivity index (χ0n) is 13.4. The van der Waals surface area contributed by atoms with Crippen LogP contribution >= 0.6 is 0 Å². The van der Waals surface area contributed by atoms with Crippen molar-refractivity contribution < 1.29 is 4.74 Å². The van der Waals surface area contributed by atoms with Crippen molar-refractivity contribution in [2.24, 2.45) is 11.8 Å². The zero-order valence-corrected chi connectivity index (χ0v) is 13.4. The summed E-state index contributed by atoms with van der Waals surface area (Å²) in [7, 11) is 0. The molecule has 2 aliphatic rings. The van der Waals surface area contributed by atoms with Crippen molar-refractivity contribution in [3.05, 3.63) is 0 Å². The van der Waals surface area contributed by atoms with Gasteiger partial charge in [0, 0.05) is 37.8 Å². The number of rotatable bonds is 3. The molecule has 4 unspecified atom stereocenters. The van der Waals surface area contributed by atoms with Crippen LogP contribution in [0.15, 0.2) is 0 Å². The molecule has 0 aliphatic carbocycles. The number of nitrogens with one attached hydrogen (secondary N) is 1. The molecule has 0 spiro atoms. The largest absolute Gasteiger partial charge is 0.378 e. The van der Waals surface area contributed by atoms with E-state index in [1.807, 2.05) is 0 Å². The molecule has 0 bridgehead atoms. The second-order valence-electron chi connectivity index (χ2n) is 7.13. The van der Waals surface area contributed by atoms with E-state index in [0.29, 0.717) is 24.1 Å². The Morgan fingerprint density at radius 1 is 1.16 bits per heavy atom. The van der Waals surface area contributed by atoms with Crippen LogP contribution in [0.1, 0.15) is 47.5 Å². The molecule has 3 heteroatoms. The van der Waals surface area contributed by atoms with Crippen molar-refractivity contribution in [1.29, 1.82) is 0 Å². The van der Waals surface area contributed by atoms with Crippen molar-refractivity contribution in [2.75, 3.05) is 19.7 Å². The number of nitrogens with zero attached hydrogens (tertiary/aromatic N) is 1. The van der Waals surface area contributed by atoms with E-state index in [0.717, 1.165) is 25.1 Å². The van der Waals surface area contributed by atoms with Gasteiger partial charge in [0.25, 0.3) is 0 Å². The summed E-state index contributed by atoms with van der Waals surface area (Å²) in [5.41, 5.74) is 0. The summed E-state index contributed by atoms with van der Waals surface area (Å²) in [6.45, 7) is 14.9. The first kappa shape index (κ1) is 15.3. The fourth-order valence-corrected chi connectivity index (χ4v) is 3.58. The SMILES string of the molecule is CC1CC(N2CC(C(C)C)NCC2C(C)C)CCO1. The Hall–Kier alpha value is -0.120. The third kappa shape index (κ3) is 3.71. The topological polar surface area (TPSA) is 24.5 Å². The van der Waals surface area contributed by atoms with Crippen LogP contribution in [0.3, 0.4) is 0 Å². The average molecular weight is 268 g/mol. The Balaban J connectivity index is 2.06. The van der Waals surface area contributed by atoms with Crippen LogP contribution in [0, 0.1) is 11.8 Å². The molecular weight excluding hydrogens is 236 g/mol. The van der Waals surface area contributed by atoms with E-state index in [1.165, 1.54) is 19.4 Å². The van der Waals surface area contributed by atoms with E-state index >= 15 is 0 Å². The second-order valence-corrected chi connectivity index (χ2v) is 7.13. The van der Waals surface area contributed by atoms with Gasteiger partial charge < -0.3 is 10.1 Å². The maximum atomic E-state index is 5.73. The molecule has 0 saturated carbocycles. The highest BCUT2D eigenvalue weighted by atomic mass is 16.5. The van der Waals surface area contributed by atoms with Gasteiger partial charge >= 0.3 is 0 Å². The molecule has 3 nitrogen and oxygen atoms in total. The van der Waals surface area contributed by atoms with Gasteiger partial charge in [-0.25, -0.2) is 0 Å². The van der Waals surface area contributed by atoms with E-state index in [2.05, 4.69) is 44.8 Å². The highest BCUT2D eigenvalue weighted by molar-refractivity contribution is 4.93. The molecule has 4 atom stereocenters. The van der Waals surface area contributed by atoms with Crippen LogP contribution in [0.5, 0.6) is 0 Å². The Labute approximate surface area is 119 Å². The lowest BCUT2D eigenvalue weighted by molar-refractivity contribution is -0.0469. The van der Waals surface area contributed by atoms with Gasteiger partial charge in [-0.05, 0) is 31.6 Å². The molecule has 2 heterocycles. The second kappa shape index (κ2) is 6.55. The molecule has 2 rings (SSSR count). The Bertz CT molecular complexity index is 280.